The fourth-order valence-electron chi connectivity index (χ4n) is 1.48. The molecule has 0 aliphatic heterocycles. The molecule has 110 valence electrons. The second-order valence-electron chi connectivity index (χ2n) is 4.24. The molecule has 0 atom stereocenters. The molecule has 0 saturated heterocycles. The minimum Gasteiger partial charge on any atom is -0.263 e. The summed E-state index contributed by atoms with van der Waals surface area (Å²) in [6.45, 7) is 3.51. The first kappa shape index (κ1) is 18.9. The van der Waals surface area contributed by atoms with Gasteiger partial charge in [0.25, 0.3) is 0 Å². The second-order valence-corrected chi connectivity index (χ2v) is 7.51. The second kappa shape index (κ2) is 7.64. The highest BCUT2D eigenvalue weighted by Gasteiger charge is 2.23. The fourth-order valence-corrected chi connectivity index (χ4v) is 3.14. The molecule has 0 unspecified atom stereocenters. The van der Waals surface area contributed by atoms with Gasteiger partial charge in [0.15, 0.2) is 0 Å². The zero-order valence-electron chi connectivity index (χ0n) is 10.9. The Morgan fingerprint density at radius 3 is 2.42 bits per heavy atom. The van der Waals surface area contributed by atoms with Gasteiger partial charge in [-0.05, 0) is 25.0 Å². The molecule has 19 heavy (non-hydrogen) atoms. The molecule has 4 nitrogen and oxygen atoms in total. The van der Waals surface area contributed by atoms with E-state index < -0.39 is 15.3 Å². The average Bonchev–Trinajstić information content (AvgIpc) is 2.29. The number of sulfonamides is 1. The lowest BCUT2D eigenvalue weighted by molar-refractivity contribution is 0.458. The van der Waals surface area contributed by atoms with Gasteiger partial charge in [-0.15, -0.1) is 24.0 Å². The lowest BCUT2D eigenvalue weighted by atomic mass is 10.1. The summed E-state index contributed by atoms with van der Waals surface area (Å²) in [4.78, 5) is 3.96. The number of aromatic nitrogens is 1. The van der Waals surface area contributed by atoms with Crippen molar-refractivity contribution >= 4 is 45.6 Å². The summed E-state index contributed by atoms with van der Waals surface area (Å²) in [7, 11) is -1.76. The van der Waals surface area contributed by atoms with Gasteiger partial charge in [-0.3, -0.25) is 4.98 Å². The van der Waals surface area contributed by atoms with Crippen LogP contribution in [0.15, 0.2) is 12.4 Å². The third kappa shape index (κ3) is 4.46. The van der Waals surface area contributed by atoms with E-state index in [1.807, 2.05) is 0 Å². The van der Waals surface area contributed by atoms with Crippen molar-refractivity contribution in [1.82, 2.24) is 9.29 Å². The van der Waals surface area contributed by atoms with E-state index >= 15 is 0 Å². The van der Waals surface area contributed by atoms with Crippen LogP contribution in [0.3, 0.4) is 0 Å². The first-order valence-corrected chi connectivity index (χ1v) is 7.84. The summed E-state index contributed by atoms with van der Waals surface area (Å²) in [6, 6.07) is 0. The summed E-state index contributed by atoms with van der Waals surface area (Å²) in [5.74, 6) is 0.228. The fraction of sp³-hybridized carbons (Fsp3) is 0.545. The highest BCUT2D eigenvalue weighted by atomic mass is 35.5. The molecular weight excluding hydrogens is 331 g/mol. The summed E-state index contributed by atoms with van der Waals surface area (Å²) >= 11 is 11.8. The Hall–Kier alpha value is -0.0700. The topological polar surface area (TPSA) is 50.3 Å². The first-order valence-electron chi connectivity index (χ1n) is 5.43. The van der Waals surface area contributed by atoms with E-state index in [-0.39, 0.29) is 24.8 Å². The van der Waals surface area contributed by atoms with Crippen molar-refractivity contribution in [2.75, 3.05) is 7.05 Å². The highest BCUT2D eigenvalue weighted by molar-refractivity contribution is 7.89. The number of alkyl halides is 1. The van der Waals surface area contributed by atoms with Gasteiger partial charge >= 0.3 is 0 Å². The van der Waals surface area contributed by atoms with Crippen LogP contribution in [0, 0.1) is 0 Å². The summed E-state index contributed by atoms with van der Waals surface area (Å²) in [5.41, 5.74) is 1.45. The normalized spacial score (nSPS) is 11.7. The molecule has 0 N–H and O–H groups in total. The quantitative estimate of drug-likeness (QED) is 0.769. The molecular formula is C11H17Cl3N2O2S. The Morgan fingerprint density at radius 1 is 1.37 bits per heavy atom. The van der Waals surface area contributed by atoms with E-state index in [0.29, 0.717) is 5.02 Å². The largest absolute Gasteiger partial charge is 0.263 e. The van der Waals surface area contributed by atoms with Gasteiger partial charge in [0.2, 0.25) is 10.0 Å². The summed E-state index contributed by atoms with van der Waals surface area (Å²) in [5, 5.41) is -0.00746. The van der Waals surface area contributed by atoms with Gasteiger partial charge in [0.1, 0.15) is 0 Å². The molecule has 0 saturated carbocycles. The predicted octanol–water partition coefficient (Wildman–Crippen LogP) is 3.07. The molecule has 8 heteroatoms. The highest BCUT2D eigenvalue weighted by Crippen LogP contribution is 2.22. The maximum atomic E-state index is 12.0. The van der Waals surface area contributed by atoms with E-state index in [1.54, 1.807) is 20.0 Å². The molecule has 0 aromatic carbocycles. The molecule has 0 bridgehead atoms. The van der Waals surface area contributed by atoms with Crippen LogP contribution in [0.1, 0.15) is 25.0 Å². The van der Waals surface area contributed by atoms with Crippen LogP contribution in [-0.2, 0) is 22.4 Å². The molecule has 0 aliphatic carbocycles. The number of nitrogens with zero attached hydrogens (tertiary/aromatic N) is 2. The molecule has 1 aromatic heterocycles. The Morgan fingerprint density at radius 2 is 1.95 bits per heavy atom. The summed E-state index contributed by atoms with van der Waals surface area (Å²) < 4.78 is 25.2. The first-order chi connectivity index (χ1) is 8.30. The molecule has 0 radical (unpaired) electrons. The van der Waals surface area contributed by atoms with Crippen molar-refractivity contribution in [2.45, 2.75) is 31.5 Å². The van der Waals surface area contributed by atoms with Gasteiger partial charge in [-0.2, -0.15) is 0 Å². The zero-order valence-corrected chi connectivity index (χ0v) is 14.1. The maximum Gasteiger partial charge on any atom is 0.216 e. The van der Waals surface area contributed by atoms with E-state index in [9.17, 15) is 8.42 Å². The molecule has 0 amide bonds. The molecule has 0 aliphatic rings. The number of rotatable bonds is 5. The SMILES string of the molecule is CC(C)S(=O)(=O)N(C)Cc1cncc(Cl)c1CCl.Cl. The maximum absolute atomic E-state index is 12.0. The van der Waals surface area contributed by atoms with Crippen molar-refractivity contribution in [1.29, 1.82) is 0 Å². The number of hydrogen-bond acceptors (Lipinski definition) is 3. The van der Waals surface area contributed by atoms with Gasteiger partial charge in [0, 0.05) is 31.9 Å². The van der Waals surface area contributed by atoms with Gasteiger partial charge in [-0.25, -0.2) is 12.7 Å². The third-order valence-corrected chi connectivity index (χ3v) is 5.43. The van der Waals surface area contributed by atoms with Crippen LogP contribution < -0.4 is 0 Å². The lowest BCUT2D eigenvalue weighted by Crippen LogP contribution is -2.32. The molecule has 0 fully saturated rings. The van der Waals surface area contributed by atoms with Crippen LogP contribution in [0.25, 0.3) is 0 Å². The standard InChI is InChI=1S/C11H16Cl2N2O2S.ClH/c1-8(2)18(16,17)15(3)7-9-5-14-6-11(13)10(9)4-12;/h5-6,8H,4,7H2,1-3H3;1H. The van der Waals surface area contributed by atoms with Gasteiger partial charge in [0.05, 0.1) is 10.3 Å². The minimum absolute atomic E-state index is 0. The molecule has 1 aromatic rings. The number of hydrogen-bond donors (Lipinski definition) is 0. The van der Waals surface area contributed by atoms with E-state index in [0.717, 1.165) is 11.1 Å². The predicted molar refractivity (Wildman–Crippen MR) is 81.6 cm³/mol. The number of halogens is 3. The van der Waals surface area contributed by atoms with Crippen LogP contribution in [0.5, 0.6) is 0 Å². The van der Waals surface area contributed by atoms with E-state index in [2.05, 4.69) is 4.98 Å². The van der Waals surface area contributed by atoms with Crippen molar-refractivity contribution in [3.05, 3.63) is 28.5 Å². The smallest absolute Gasteiger partial charge is 0.216 e. The minimum atomic E-state index is -3.29. The lowest BCUT2D eigenvalue weighted by Gasteiger charge is -2.20. The van der Waals surface area contributed by atoms with Gasteiger partial charge < -0.3 is 0 Å². The molecule has 0 spiro atoms. The molecule has 1 heterocycles. The van der Waals surface area contributed by atoms with Crippen LogP contribution in [0.2, 0.25) is 5.02 Å². The van der Waals surface area contributed by atoms with E-state index in [4.69, 9.17) is 23.2 Å². The number of pyridine rings is 1. The van der Waals surface area contributed by atoms with Crippen molar-refractivity contribution in [3.8, 4) is 0 Å². The Balaban J connectivity index is 0.00000324. The Kier molecular flexibility index (Phi) is 7.62. The van der Waals surface area contributed by atoms with E-state index in [1.165, 1.54) is 17.5 Å². The Labute approximate surface area is 130 Å². The van der Waals surface area contributed by atoms with Crippen LogP contribution >= 0.6 is 35.6 Å². The summed E-state index contributed by atoms with van der Waals surface area (Å²) in [6.07, 6.45) is 3.09. The monoisotopic (exact) mass is 346 g/mol. The van der Waals surface area contributed by atoms with Crippen LogP contribution in [-0.4, -0.2) is 30.0 Å². The van der Waals surface area contributed by atoms with Crippen molar-refractivity contribution in [3.63, 3.8) is 0 Å². The van der Waals surface area contributed by atoms with Gasteiger partial charge in [-0.1, -0.05) is 11.6 Å². The molecule has 1 rings (SSSR count). The van der Waals surface area contributed by atoms with Crippen molar-refractivity contribution < 1.29 is 8.42 Å². The zero-order chi connectivity index (χ0) is 13.9. The Bertz CT molecular complexity index is 521. The average molecular weight is 348 g/mol. The van der Waals surface area contributed by atoms with Crippen molar-refractivity contribution in [2.24, 2.45) is 0 Å². The van der Waals surface area contributed by atoms with Crippen LogP contribution in [0.4, 0.5) is 0 Å². The third-order valence-electron chi connectivity index (χ3n) is 2.65.